The van der Waals surface area contributed by atoms with E-state index in [2.05, 4.69) is 4.98 Å². The summed E-state index contributed by atoms with van der Waals surface area (Å²) in [5.74, 6) is 0.370. The van der Waals surface area contributed by atoms with Gasteiger partial charge in [0.05, 0.1) is 11.3 Å². The maximum Gasteiger partial charge on any atom is 0.211 e. The number of nitrogens with two attached hydrogens (primary N) is 1. The van der Waals surface area contributed by atoms with Crippen molar-refractivity contribution in [2.75, 3.05) is 19.3 Å². The van der Waals surface area contributed by atoms with Gasteiger partial charge in [0, 0.05) is 36.6 Å². The fraction of sp³-hybridized carbons (Fsp3) is 0.769. The normalized spacial score (nSPS) is 22.9. The van der Waals surface area contributed by atoms with Crippen LogP contribution in [0.25, 0.3) is 0 Å². The Morgan fingerprint density at radius 1 is 1.60 bits per heavy atom. The van der Waals surface area contributed by atoms with Crippen molar-refractivity contribution in [2.24, 2.45) is 11.7 Å². The largest absolute Gasteiger partial charge is 0.327 e. The van der Waals surface area contributed by atoms with Gasteiger partial charge in [-0.2, -0.15) is 0 Å². The molecule has 1 aromatic rings. The summed E-state index contributed by atoms with van der Waals surface area (Å²) in [5.41, 5.74) is 7.24. The molecule has 1 aromatic heterocycles. The molecule has 0 bridgehead atoms. The van der Waals surface area contributed by atoms with E-state index in [1.54, 1.807) is 15.6 Å². The minimum atomic E-state index is -3.07. The van der Waals surface area contributed by atoms with Crippen molar-refractivity contribution < 1.29 is 8.42 Å². The van der Waals surface area contributed by atoms with Gasteiger partial charge in [0.15, 0.2) is 0 Å². The van der Waals surface area contributed by atoms with E-state index in [0.29, 0.717) is 19.0 Å². The first-order valence-electron chi connectivity index (χ1n) is 6.96. The van der Waals surface area contributed by atoms with E-state index in [1.165, 1.54) is 6.26 Å². The van der Waals surface area contributed by atoms with Gasteiger partial charge in [0.25, 0.3) is 0 Å². The van der Waals surface area contributed by atoms with Crippen LogP contribution in [0.15, 0.2) is 5.38 Å². The van der Waals surface area contributed by atoms with Gasteiger partial charge in [0.1, 0.15) is 0 Å². The van der Waals surface area contributed by atoms with Crippen LogP contribution >= 0.6 is 11.3 Å². The Bertz CT molecular complexity index is 542. The molecular formula is C13H23N3O2S2. The lowest BCUT2D eigenvalue weighted by atomic mass is 9.92. The standard InChI is InChI=1S/C13H23N3O2S2/c1-10-9-19-13(15-10)7-12(14)6-11-4-3-5-16(8-11)20(2,17)18/h9,11-12H,3-8,14H2,1-2H3. The number of aryl methyl sites for hydroxylation is 1. The Kier molecular flexibility index (Phi) is 5.17. The van der Waals surface area contributed by atoms with Gasteiger partial charge in [-0.05, 0) is 32.1 Å². The predicted octanol–water partition coefficient (Wildman–Crippen LogP) is 1.38. The van der Waals surface area contributed by atoms with Crippen molar-refractivity contribution in [1.82, 2.24) is 9.29 Å². The Morgan fingerprint density at radius 3 is 2.95 bits per heavy atom. The van der Waals surface area contributed by atoms with Crippen LogP contribution in [0.4, 0.5) is 0 Å². The number of thiazole rings is 1. The van der Waals surface area contributed by atoms with Crippen molar-refractivity contribution in [3.05, 3.63) is 16.1 Å². The van der Waals surface area contributed by atoms with Crippen molar-refractivity contribution >= 4 is 21.4 Å². The summed E-state index contributed by atoms with van der Waals surface area (Å²) >= 11 is 1.65. The molecule has 1 saturated heterocycles. The lowest BCUT2D eigenvalue weighted by Crippen LogP contribution is -2.41. The predicted molar refractivity (Wildman–Crippen MR) is 82.3 cm³/mol. The average Bonchev–Trinajstić information content (AvgIpc) is 2.73. The summed E-state index contributed by atoms with van der Waals surface area (Å²) in [6.07, 6.45) is 4.93. The number of hydrogen-bond acceptors (Lipinski definition) is 5. The molecule has 0 aliphatic carbocycles. The summed E-state index contributed by atoms with van der Waals surface area (Å²) in [6, 6.07) is 0.0602. The van der Waals surface area contributed by atoms with Gasteiger partial charge < -0.3 is 5.73 Å². The fourth-order valence-corrected chi connectivity index (χ4v) is 4.56. The van der Waals surface area contributed by atoms with E-state index in [-0.39, 0.29) is 6.04 Å². The van der Waals surface area contributed by atoms with Gasteiger partial charge in [0.2, 0.25) is 10.0 Å². The molecule has 0 aromatic carbocycles. The monoisotopic (exact) mass is 317 g/mol. The number of nitrogens with zero attached hydrogens (tertiary/aromatic N) is 2. The van der Waals surface area contributed by atoms with Crippen LogP contribution in [0.5, 0.6) is 0 Å². The number of piperidine rings is 1. The SMILES string of the molecule is Cc1csc(CC(N)CC2CCCN(S(C)(=O)=O)C2)n1. The second-order valence-corrected chi connectivity index (χ2v) is 8.64. The van der Waals surface area contributed by atoms with Gasteiger partial charge in [-0.3, -0.25) is 0 Å². The van der Waals surface area contributed by atoms with Crippen LogP contribution in [0, 0.1) is 12.8 Å². The summed E-state index contributed by atoms with van der Waals surface area (Å²) in [5, 5.41) is 3.11. The second kappa shape index (κ2) is 6.51. The maximum atomic E-state index is 11.6. The number of aromatic nitrogens is 1. The van der Waals surface area contributed by atoms with Crippen LogP contribution < -0.4 is 5.73 Å². The van der Waals surface area contributed by atoms with Crippen LogP contribution in [0.1, 0.15) is 30.0 Å². The number of sulfonamides is 1. The minimum absolute atomic E-state index is 0.0602. The van der Waals surface area contributed by atoms with E-state index in [4.69, 9.17) is 5.73 Å². The van der Waals surface area contributed by atoms with Crippen molar-refractivity contribution in [1.29, 1.82) is 0 Å². The molecule has 2 heterocycles. The van der Waals surface area contributed by atoms with E-state index in [0.717, 1.165) is 36.4 Å². The van der Waals surface area contributed by atoms with Crippen LogP contribution in [-0.4, -0.2) is 43.1 Å². The van der Waals surface area contributed by atoms with E-state index < -0.39 is 10.0 Å². The van der Waals surface area contributed by atoms with E-state index in [1.807, 2.05) is 12.3 Å². The van der Waals surface area contributed by atoms with Crippen molar-refractivity contribution in [3.63, 3.8) is 0 Å². The molecule has 1 fully saturated rings. The van der Waals surface area contributed by atoms with Gasteiger partial charge in [-0.15, -0.1) is 11.3 Å². The highest BCUT2D eigenvalue weighted by Gasteiger charge is 2.27. The first kappa shape index (κ1) is 15.9. The van der Waals surface area contributed by atoms with Gasteiger partial charge in [-0.1, -0.05) is 0 Å². The fourth-order valence-electron chi connectivity index (χ4n) is 2.75. The molecule has 1 aliphatic heterocycles. The highest BCUT2D eigenvalue weighted by atomic mass is 32.2. The maximum absolute atomic E-state index is 11.6. The number of hydrogen-bond donors (Lipinski definition) is 1. The van der Waals surface area contributed by atoms with Crippen LogP contribution in [0.3, 0.4) is 0 Å². The van der Waals surface area contributed by atoms with E-state index in [9.17, 15) is 8.42 Å². The summed E-state index contributed by atoms with van der Waals surface area (Å²) in [4.78, 5) is 4.43. The first-order valence-corrected chi connectivity index (χ1v) is 9.69. The van der Waals surface area contributed by atoms with Crippen LogP contribution in [0.2, 0.25) is 0 Å². The van der Waals surface area contributed by atoms with Gasteiger partial charge in [-0.25, -0.2) is 17.7 Å². The van der Waals surface area contributed by atoms with Crippen molar-refractivity contribution in [2.45, 2.75) is 38.6 Å². The molecule has 1 aliphatic rings. The molecule has 114 valence electrons. The molecule has 0 spiro atoms. The molecule has 7 heteroatoms. The minimum Gasteiger partial charge on any atom is -0.327 e. The molecule has 2 rings (SSSR count). The molecule has 2 unspecified atom stereocenters. The molecular weight excluding hydrogens is 294 g/mol. The van der Waals surface area contributed by atoms with Gasteiger partial charge >= 0.3 is 0 Å². The molecule has 5 nitrogen and oxygen atoms in total. The first-order chi connectivity index (χ1) is 9.34. The Labute approximate surface area is 125 Å². The lowest BCUT2D eigenvalue weighted by Gasteiger charge is -2.32. The Morgan fingerprint density at radius 2 is 2.35 bits per heavy atom. The van der Waals surface area contributed by atoms with Crippen LogP contribution in [-0.2, 0) is 16.4 Å². The average molecular weight is 317 g/mol. The Hall–Kier alpha value is -0.500. The van der Waals surface area contributed by atoms with E-state index >= 15 is 0 Å². The zero-order valence-corrected chi connectivity index (χ0v) is 13.7. The lowest BCUT2D eigenvalue weighted by molar-refractivity contribution is 0.246. The molecule has 20 heavy (non-hydrogen) atoms. The van der Waals surface area contributed by atoms with Crippen molar-refractivity contribution in [3.8, 4) is 0 Å². The molecule has 0 amide bonds. The highest BCUT2D eigenvalue weighted by Crippen LogP contribution is 2.23. The molecule has 0 radical (unpaired) electrons. The third kappa shape index (κ3) is 4.51. The third-order valence-electron chi connectivity index (χ3n) is 3.69. The Balaban J connectivity index is 1.86. The smallest absolute Gasteiger partial charge is 0.211 e. The summed E-state index contributed by atoms with van der Waals surface area (Å²) in [7, 11) is -3.07. The number of rotatable bonds is 5. The topological polar surface area (TPSA) is 76.3 Å². The zero-order valence-electron chi connectivity index (χ0n) is 12.1. The molecule has 0 saturated carbocycles. The molecule has 2 atom stereocenters. The summed E-state index contributed by atoms with van der Waals surface area (Å²) in [6.45, 7) is 3.25. The highest BCUT2D eigenvalue weighted by molar-refractivity contribution is 7.88. The quantitative estimate of drug-likeness (QED) is 0.890. The summed E-state index contributed by atoms with van der Waals surface area (Å²) < 4.78 is 24.8. The molecule has 2 N–H and O–H groups in total. The zero-order chi connectivity index (χ0) is 14.8. The third-order valence-corrected chi connectivity index (χ3v) is 5.95. The second-order valence-electron chi connectivity index (χ2n) is 5.71.